The molecule has 0 bridgehead atoms. The fraction of sp³-hybridized carbons (Fsp3) is 0.259. The highest BCUT2D eigenvalue weighted by atomic mass is 32.2. The van der Waals surface area contributed by atoms with Crippen molar-refractivity contribution in [2.24, 2.45) is 0 Å². The zero-order chi connectivity index (χ0) is 22.5. The van der Waals surface area contributed by atoms with Gasteiger partial charge in [-0.15, -0.1) is 11.8 Å². The molecule has 1 aromatic heterocycles. The van der Waals surface area contributed by atoms with Gasteiger partial charge in [0.05, 0.1) is 23.2 Å². The van der Waals surface area contributed by atoms with Crippen molar-refractivity contribution < 1.29 is 4.79 Å². The van der Waals surface area contributed by atoms with E-state index in [4.69, 9.17) is 4.98 Å². The Kier molecular flexibility index (Phi) is 7.28. The maximum Gasteiger partial charge on any atom is 0.233 e. The molecule has 0 saturated heterocycles. The molecular formula is C27H28N2OS2. The van der Waals surface area contributed by atoms with Crippen LogP contribution in [0, 0.1) is 0 Å². The van der Waals surface area contributed by atoms with Crippen LogP contribution >= 0.6 is 23.1 Å². The molecule has 3 nitrogen and oxygen atoms in total. The van der Waals surface area contributed by atoms with Crippen LogP contribution in [0.2, 0.25) is 0 Å². The number of anilines is 1. The average Bonchev–Trinajstić information content (AvgIpc) is 3.22. The van der Waals surface area contributed by atoms with Gasteiger partial charge in [-0.25, -0.2) is 4.98 Å². The molecule has 4 rings (SSSR count). The van der Waals surface area contributed by atoms with Gasteiger partial charge in [-0.2, -0.15) is 0 Å². The number of benzene rings is 3. The van der Waals surface area contributed by atoms with E-state index in [-0.39, 0.29) is 5.91 Å². The Morgan fingerprint density at radius 3 is 2.38 bits per heavy atom. The third kappa shape index (κ3) is 5.59. The first-order valence-corrected chi connectivity index (χ1v) is 12.7. The van der Waals surface area contributed by atoms with Crippen molar-refractivity contribution in [1.82, 2.24) is 4.98 Å². The van der Waals surface area contributed by atoms with Gasteiger partial charge in [0, 0.05) is 10.1 Å². The fourth-order valence-corrected chi connectivity index (χ4v) is 5.43. The standard InChI is InChI=1S/C27H28N2OS2/c1-4-20-12-15-24-25(16-20)32-27(28-24)29(18-22-8-6-5-7-9-22)26(30)17-21-10-13-23(14-11-21)31-19(2)3/h5-16,19H,4,17-18H2,1-3H3. The van der Waals surface area contributed by atoms with Crippen LogP contribution in [0.5, 0.6) is 0 Å². The monoisotopic (exact) mass is 460 g/mol. The predicted molar refractivity (Wildman–Crippen MR) is 138 cm³/mol. The van der Waals surface area contributed by atoms with E-state index in [0.717, 1.165) is 32.9 Å². The number of carbonyl (C=O) groups is 1. The van der Waals surface area contributed by atoms with Crippen molar-refractivity contribution in [3.8, 4) is 0 Å². The first kappa shape index (κ1) is 22.6. The number of hydrogen-bond acceptors (Lipinski definition) is 4. The summed E-state index contributed by atoms with van der Waals surface area (Å²) in [7, 11) is 0. The van der Waals surface area contributed by atoms with Crippen LogP contribution in [0.4, 0.5) is 5.13 Å². The predicted octanol–water partition coefficient (Wildman–Crippen LogP) is 7.14. The molecule has 4 aromatic rings. The third-order valence-corrected chi connectivity index (χ3v) is 7.27. The normalized spacial score (nSPS) is 11.2. The highest BCUT2D eigenvalue weighted by Crippen LogP contribution is 2.31. The largest absolute Gasteiger partial charge is 0.283 e. The molecule has 0 unspecified atom stereocenters. The molecule has 164 valence electrons. The van der Waals surface area contributed by atoms with E-state index in [0.29, 0.717) is 18.2 Å². The van der Waals surface area contributed by atoms with Crippen molar-refractivity contribution in [3.63, 3.8) is 0 Å². The summed E-state index contributed by atoms with van der Waals surface area (Å²) in [4.78, 5) is 21.3. The van der Waals surface area contributed by atoms with Gasteiger partial charge in [0.25, 0.3) is 0 Å². The Balaban J connectivity index is 1.61. The van der Waals surface area contributed by atoms with Gasteiger partial charge in [-0.1, -0.05) is 80.6 Å². The summed E-state index contributed by atoms with van der Waals surface area (Å²) in [6.45, 7) is 7.04. The molecule has 0 radical (unpaired) electrons. The molecular weight excluding hydrogens is 432 g/mol. The summed E-state index contributed by atoms with van der Waals surface area (Å²) in [5.74, 6) is 0.0629. The second-order valence-corrected chi connectivity index (χ2v) is 10.8. The topological polar surface area (TPSA) is 33.2 Å². The number of thioether (sulfide) groups is 1. The smallest absolute Gasteiger partial charge is 0.233 e. The minimum atomic E-state index is 0.0629. The number of carbonyl (C=O) groups excluding carboxylic acids is 1. The van der Waals surface area contributed by atoms with E-state index >= 15 is 0 Å². The van der Waals surface area contributed by atoms with Crippen molar-refractivity contribution >= 4 is 44.4 Å². The molecule has 0 spiro atoms. The lowest BCUT2D eigenvalue weighted by atomic mass is 10.1. The fourth-order valence-electron chi connectivity index (χ4n) is 3.55. The highest BCUT2D eigenvalue weighted by molar-refractivity contribution is 7.99. The molecule has 1 amide bonds. The first-order chi connectivity index (χ1) is 15.5. The summed E-state index contributed by atoms with van der Waals surface area (Å²) in [5.41, 5.74) is 4.35. The van der Waals surface area contributed by atoms with Gasteiger partial charge in [0.1, 0.15) is 0 Å². The van der Waals surface area contributed by atoms with Crippen LogP contribution in [0.15, 0.2) is 77.7 Å². The lowest BCUT2D eigenvalue weighted by molar-refractivity contribution is -0.118. The van der Waals surface area contributed by atoms with Crippen molar-refractivity contribution in [1.29, 1.82) is 0 Å². The van der Waals surface area contributed by atoms with E-state index < -0.39 is 0 Å². The summed E-state index contributed by atoms with van der Waals surface area (Å²) < 4.78 is 1.13. The summed E-state index contributed by atoms with van der Waals surface area (Å²) in [6, 6.07) is 24.8. The zero-order valence-corrected chi connectivity index (χ0v) is 20.4. The van der Waals surface area contributed by atoms with E-state index in [1.54, 1.807) is 11.3 Å². The van der Waals surface area contributed by atoms with Gasteiger partial charge in [0.15, 0.2) is 5.13 Å². The van der Waals surface area contributed by atoms with Gasteiger partial charge in [-0.05, 0) is 47.4 Å². The number of amides is 1. The van der Waals surface area contributed by atoms with E-state index in [2.05, 4.69) is 75.4 Å². The number of thiazole rings is 1. The molecule has 0 aliphatic carbocycles. The van der Waals surface area contributed by atoms with Crippen LogP contribution in [0.1, 0.15) is 37.5 Å². The van der Waals surface area contributed by atoms with Crippen molar-refractivity contribution in [2.45, 2.75) is 50.3 Å². The van der Waals surface area contributed by atoms with Gasteiger partial charge >= 0.3 is 0 Å². The maximum absolute atomic E-state index is 13.5. The van der Waals surface area contributed by atoms with Gasteiger partial charge < -0.3 is 0 Å². The highest BCUT2D eigenvalue weighted by Gasteiger charge is 2.21. The zero-order valence-electron chi connectivity index (χ0n) is 18.7. The molecule has 0 atom stereocenters. The van der Waals surface area contributed by atoms with Crippen LogP contribution in [-0.4, -0.2) is 16.1 Å². The Morgan fingerprint density at radius 1 is 0.969 bits per heavy atom. The lowest BCUT2D eigenvalue weighted by Crippen LogP contribution is -2.31. The number of rotatable bonds is 8. The minimum Gasteiger partial charge on any atom is -0.283 e. The van der Waals surface area contributed by atoms with Crippen molar-refractivity contribution in [3.05, 3.63) is 89.5 Å². The van der Waals surface area contributed by atoms with E-state index in [1.807, 2.05) is 34.9 Å². The Labute approximate surface area is 198 Å². The molecule has 1 heterocycles. The SMILES string of the molecule is CCc1ccc2nc(N(Cc3ccccc3)C(=O)Cc3ccc(SC(C)C)cc3)sc2c1. The summed E-state index contributed by atoms with van der Waals surface area (Å²) >= 11 is 3.43. The quantitative estimate of drug-likeness (QED) is 0.262. The van der Waals surface area contributed by atoms with Crippen LogP contribution in [-0.2, 0) is 24.2 Å². The number of hydrogen-bond donors (Lipinski definition) is 0. The molecule has 0 saturated carbocycles. The van der Waals surface area contributed by atoms with Gasteiger partial charge in [0.2, 0.25) is 5.91 Å². The second-order valence-electron chi connectivity index (χ2n) is 8.10. The van der Waals surface area contributed by atoms with E-state index in [1.165, 1.54) is 10.5 Å². The molecule has 0 fully saturated rings. The molecule has 0 aliphatic heterocycles. The lowest BCUT2D eigenvalue weighted by Gasteiger charge is -2.20. The molecule has 0 aliphatic rings. The number of aromatic nitrogens is 1. The summed E-state index contributed by atoms with van der Waals surface area (Å²) in [6.07, 6.45) is 1.34. The number of nitrogens with zero attached hydrogens (tertiary/aromatic N) is 2. The first-order valence-electron chi connectivity index (χ1n) is 11.0. The molecule has 32 heavy (non-hydrogen) atoms. The number of aryl methyl sites for hydroxylation is 1. The van der Waals surface area contributed by atoms with Crippen LogP contribution < -0.4 is 4.90 Å². The average molecular weight is 461 g/mol. The molecule has 3 aromatic carbocycles. The molecule has 0 N–H and O–H groups in total. The third-order valence-electron chi connectivity index (χ3n) is 5.22. The minimum absolute atomic E-state index is 0.0629. The second kappa shape index (κ2) is 10.3. The summed E-state index contributed by atoms with van der Waals surface area (Å²) in [5, 5.41) is 1.30. The Bertz CT molecular complexity index is 1180. The van der Waals surface area contributed by atoms with Crippen molar-refractivity contribution in [2.75, 3.05) is 4.90 Å². The van der Waals surface area contributed by atoms with E-state index in [9.17, 15) is 4.79 Å². The Morgan fingerprint density at radius 2 is 1.69 bits per heavy atom. The van der Waals surface area contributed by atoms with Crippen LogP contribution in [0.3, 0.4) is 0 Å². The van der Waals surface area contributed by atoms with Gasteiger partial charge in [-0.3, -0.25) is 9.69 Å². The number of fused-ring (bicyclic) bond motifs is 1. The molecule has 5 heteroatoms. The Hall–Kier alpha value is -2.63. The maximum atomic E-state index is 13.5. The van der Waals surface area contributed by atoms with Crippen LogP contribution in [0.25, 0.3) is 10.2 Å².